The predicted octanol–water partition coefficient (Wildman–Crippen LogP) is 3.42. The number of anilines is 1. The number of hydrogen-bond acceptors (Lipinski definition) is 4. The monoisotopic (exact) mass is 337 g/mol. The van der Waals surface area contributed by atoms with Gasteiger partial charge in [0, 0.05) is 12.1 Å². The lowest BCUT2D eigenvalue weighted by Crippen LogP contribution is -2.24. The zero-order valence-corrected chi connectivity index (χ0v) is 14.2. The second-order valence-corrected chi connectivity index (χ2v) is 6.67. The van der Waals surface area contributed by atoms with E-state index in [1.807, 2.05) is 31.3 Å². The zero-order valence-electron chi connectivity index (χ0n) is 14.2. The summed E-state index contributed by atoms with van der Waals surface area (Å²) < 4.78 is 7.08. The highest BCUT2D eigenvalue weighted by molar-refractivity contribution is 6.06. The normalized spacial score (nSPS) is 14.5. The number of nitrogens with zero attached hydrogens (tertiary/aromatic N) is 2. The molecule has 0 aliphatic heterocycles. The van der Waals surface area contributed by atoms with Gasteiger partial charge in [-0.1, -0.05) is 6.42 Å². The Morgan fingerprint density at radius 1 is 1.32 bits per heavy atom. The number of aryl methyl sites for hydroxylation is 2. The standard InChI is InChI=1S/C19H19N3O3/c1-11-6-7-22-15(8-11)14(10-20-22)21-18(23)17-12(2)9-16(25-19(17)24)13-4-3-5-13/h6-10,13H,3-5H2,1-2H3,(H,21,23). The van der Waals surface area contributed by atoms with Crippen molar-refractivity contribution in [1.82, 2.24) is 9.61 Å². The number of carbonyl (C=O) groups excluding carboxylic acids is 1. The van der Waals surface area contributed by atoms with Gasteiger partial charge in [0.15, 0.2) is 0 Å². The molecule has 25 heavy (non-hydrogen) atoms. The summed E-state index contributed by atoms with van der Waals surface area (Å²) >= 11 is 0. The summed E-state index contributed by atoms with van der Waals surface area (Å²) in [5.41, 5.74) is 2.52. The van der Waals surface area contributed by atoms with Crippen LogP contribution in [0, 0.1) is 13.8 Å². The van der Waals surface area contributed by atoms with Crippen LogP contribution in [0.4, 0.5) is 5.69 Å². The number of carbonyl (C=O) groups is 1. The molecular weight excluding hydrogens is 318 g/mol. The van der Waals surface area contributed by atoms with Gasteiger partial charge in [-0.25, -0.2) is 9.31 Å². The maximum Gasteiger partial charge on any atom is 0.349 e. The van der Waals surface area contributed by atoms with Gasteiger partial charge in [-0.3, -0.25) is 4.79 Å². The average Bonchev–Trinajstić information content (AvgIpc) is 2.87. The molecular formula is C19H19N3O3. The van der Waals surface area contributed by atoms with Crippen LogP contribution in [0.1, 0.15) is 52.4 Å². The smallest absolute Gasteiger partial charge is 0.349 e. The summed E-state index contributed by atoms with van der Waals surface area (Å²) in [5.74, 6) is 0.533. The quantitative estimate of drug-likeness (QED) is 0.794. The maximum absolute atomic E-state index is 12.6. The lowest BCUT2D eigenvalue weighted by atomic mass is 9.83. The Bertz CT molecular complexity index is 1030. The summed E-state index contributed by atoms with van der Waals surface area (Å²) in [6, 6.07) is 5.68. The van der Waals surface area contributed by atoms with Crippen LogP contribution in [0.5, 0.6) is 0 Å². The number of nitrogens with one attached hydrogen (secondary N) is 1. The third kappa shape index (κ3) is 2.73. The van der Waals surface area contributed by atoms with Gasteiger partial charge in [0.1, 0.15) is 11.3 Å². The molecule has 1 aliphatic rings. The molecule has 0 bridgehead atoms. The molecule has 3 heterocycles. The molecule has 0 saturated heterocycles. The van der Waals surface area contributed by atoms with Gasteiger partial charge >= 0.3 is 5.63 Å². The van der Waals surface area contributed by atoms with E-state index in [0.29, 0.717) is 22.9 Å². The van der Waals surface area contributed by atoms with Crippen molar-refractivity contribution >= 4 is 17.1 Å². The Morgan fingerprint density at radius 3 is 2.80 bits per heavy atom. The minimum atomic E-state index is -0.577. The molecule has 6 nitrogen and oxygen atoms in total. The summed E-state index contributed by atoms with van der Waals surface area (Å²) in [6.45, 7) is 3.74. The van der Waals surface area contributed by atoms with Crippen molar-refractivity contribution in [3.05, 3.63) is 63.5 Å². The van der Waals surface area contributed by atoms with Crippen LogP contribution in [0.2, 0.25) is 0 Å². The van der Waals surface area contributed by atoms with Crippen molar-refractivity contribution in [3.63, 3.8) is 0 Å². The molecule has 0 spiro atoms. The molecule has 6 heteroatoms. The zero-order chi connectivity index (χ0) is 17.6. The summed E-state index contributed by atoms with van der Waals surface area (Å²) in [6.07, 6.45) is 6.63. The van der Waals surface area contributed by atoms with Crippen LogP contribution in [0.3, 0.4) is 0 Å². The summed E-state index contributed by atoms with van der Waals surface area (Å²) in [5, 5.41) is 6.99. The SMILES string of the molecule is Cc1ccn2ncc(NC(=O)c3c(C)cc(C4CCC4)oc3=O)c2c1. The topological polar surface area (TPSA) is 76.6 Å². The third-order valence-electron chi connectivity index (χ3n) is 4.83. The molecule has 128 valence electrons. The minimum absolute atomic E-state index is 0.0510. The van der Waals surface area contributed by atoms with Crippen LogP contribution < -0.4 is 10.9 Å². The largest absolute Gasteiger partial charge is 0.427 e. The fraction of sp³-hybridized carbons (Fsp3) is 0.316. The summed E-state index contributed by atoms with van der Waals surface area (Å²) in [7, 11) is 0. The van der Waals surface area contributed by atoms with E-state index in [-0.39, 0.29) is 5.56 Å². The van der Waals surface area contributed by atoms with Gasteiger partial charge in [0.25, 0.3) is 5.91 Å². The van der Waals surface area contributed by atoms with Gasteiger partial charge in [-0.15, -0.1) is 0 Å². The Balaban J connectivity index is 1.66. The highest BCUT2D eigenvalue weighted by atomic mass is 16.4. The highest BCUT2D eigenvalue weighted by Gasteiger charge is 2.25. The van der Waals surface area contributed by atoms with Gasteiger partial charge in [0.2, 0.25) is 0 Å². The fourth-order valence-electron chi connectivity index (χ4n) is 3.17. The van der Waals surface area contributed by atoms with Crippen LogP contribution in [-0.2, 0) is 0 Å². The number of hydrogen-bond donors (Lipinski definition) is 1. The first-order valence-corrected chi connectivity index (χ1v) is 8.43. The maximum atomic E-state index is 12.6. The second-order valence-electron chi connectivity index (χ2n) is 6.67. The highest BCUT2D eigenvalue weighted by Crippen LogP contribution is 2.36. The molecule has 4 rings (SSSR count). The molecule has 0 radical (unpaired) electrons. The Morgan fingerprint density at radius 2 is 2.12 bits per heavy atom. The Hall–Kier alpha value is -2.89. The second kappa shape index (κ2) is 5.88. The van der Waals surface area contributed by atoms with Crippen molar-refractivity contribution < 1.29 is 9.21 Å². The van der Waals surface area contributed by atoms with Crippen molar-refractivity contribution in [2.24, 2.45) is 0 Å². The minimum Gasteiger partial charge on any atom is -0.427 e. The van der Waals surface area contributed by atoms with Crippen LogP contribution in [-0.4, -0.2) is 15.5 Å². The molecule has 1 aliphatic carbocycles. The van der Waals surface area contributed by atoms with Crippen molar-refractivity contribution in [2.45, 2.75) is 39.0 Å². The first-order valence-electron chi connectivity index (χ1n) is 8.43. The van der Waals surface area contributed by atoms with E-state index >= 15 is 0 Å². The van der Waals surface area contributed by atoms with E-state index in [4.69, 9.17) is 4.42 Å². The first kappa shape index (κ1) is 15.6. The van der Waals surface area contributed by atoms with E-state index in [1.165, 1.54) is 0 Å². The Labute approximate surface area is 144 Å². The van der Waals surface area contributed by atoms with Gasteiger partial charge in [-0.2, -0.15) is 5.10 Å². The lowest BCUT2D eigenvalue weighted by molar-refractivity contribution is 0.102. The van der Waals surface area contributed by atoms with Crippen LogP contribution >= 0.6 is 0 Å². The summed E-state index contributed by atoms with van der Waals surface area (Å²) in [4.78, 5) is 25.0. The number of pyridine rings is 1. The van der Waals surface area contributed by atoms with E-state index in [9.17, 15) is 9.59 Å². The number of aromatic nitrogens is 2. The molecule has 0 atom stereocenters. The number of rotatable bonds is 3. The molecule has 3 aromatic heterocycles. The van der Waals surface area contributed by atoms with Gasteiger partial charge in [-0.05, 0) is 56.0 Å². The first-order chi connectivity index (χ1) is 12.0. The number of amides is 1. The molecule has 1 N–H and O–H groups in total. The molecule has 1 saturated carbocycles. The van der Waals surface area contributed by atoms with Crippen molar-refractivity contribution in [2.75, 3.05) is 5.32 Å². The fourth-order valence-corrected chi connectivity index (χ4v) is 3.17. The molecule has 0 aromatic carbocycles. The molecule has 3 aromatic rings. The lowest BCUT2D eigenvalue weighted by Gasteiger charge is -2.24. The molecule has 1 amide bonds. The van der Waals surface area contributed by atoms with Crippen molar-refractivity contribution in [3.8, 4) is 0 Å². The van der Waals surface area contributed by atoms with Gasteiger partial charge < -0.3 is 9.73 Å². The van der Waals surface area contributed by atoms with E-state index in [1.54, 1.807) is 17.6 Å². The Kier molecular flexibility index (Phi) is 3.67. The van der Waals surface area contributed by atoms with Crippen LogP contribution in [0.15, 0.2) is 39.8 Å². The predicted molar refractivity (Wildman–Crippen MR) is 94.2 cm³/mol. The van der Waals surface area contributed by atoms with Crippen LogP contribution in [0.25, 0.3) is 5.52 Å². The average molecular weight is 337 g/mol. The third-order valence-corrected chi connectivity index (χ3v) is 4.83. The van der Waals surface area contributed by atoms with Gasteiger partial charge in [0.05, 0.1) is 17.4 Å². The van der Waals surface area contributed by atoms with E-state index < -0.39 is 11.5 Å². The molecule has 1 fully saturated rings. The van der Waals surface area contributed by atoms with E-state index in [2.05, 4.69) is 10.4 Å². The van der Waals surface area contributed by atoms with E-state index in [0.717, 1.165) is 30.3 Å². The number of fused-ring (bicyclic) bond motifs is 1. The van der Waals surface area contributed by atoms with Crippen molar-refractivity contribution in [1.29, 1.82) is 0 Å². The molecule has 0 unspecified atom stereocenters.